The van der Waals surface area contributed by atoms with E-state index in [0.29, 0.717) is 0 Å². The zero-order chi connectivity index (χ0) is 18.2. The summed E-state index contributed by atoms with van der Waals surface area (Å²) in [6, 6.07) is 7.95. The molecule has 1 aliphatic heterocycles. The molecule has 2 aromatic carbocycles. The minimum absolute atomic E-state index is 0.0278. The van der Waals surface area contributed by atoms with Gasteiger partial charge in [0, 0.05) is 12.0 Å². The van der Waals surface area contributed by atoms with Gasteiger partial charge in [0.05, 0.1) is 27.6 Å². The van der Waals surface area contributed by atoms with Gasteiger partial charge >= 0.3 is 6.18 Å². The highest BCUT2D eigenvalue weighted by Gasteiger charge is 2.33. The third kappa shape index (κ3) is 3.51. The maximum Gasteiger partial charge on any atom is 0.418 e. The molecular formula is C16H12F4N2O2S. The zero-order valence-corrected chi connectivity index (χ0v) is 13.5. The summed E-state index contributed by atoms with van der Waals surface area (Å²) in [5.74, 6) is -0.896. The highest BCUT2D eigenvalue weighted by molar-refractivity contribution is 7.91. The summed E-state index contributed by atoms with van der Waals surface area (Å²) in [5.41, 5.74) is 1.40. The van der Waals surface area contributed by atoms with Gasteiger partial charge in [-0.05, 0) is 30.3 Å². The molecule has 25 heavy (non-hydrogen) atoms. The zero-order valence-electron chi connectivity index (χ0n) is 12.6. The average molecular weight is 372 g/mol. The van der Waals surface area contributed by atoms with Crippen molar-refractivity contribution in [3.8, 4) is 0 Å². The van der Waals surface area contributed by atoms with Crippen molar-refractivity contribution in [3.05, 3.63) is 59.4 Å². The standard InChI is InChI=1S/C16H12F4N2O2S/c17-10-5-6-15-11(9-10)13(7-8-25(15,23)24)21-22-14-4-2-1-3-12(14)16(18,19)20/h1-6,9,22H,7-8H2. The summed E-state index contributed by atoms with van der Waals surface area (Å²) in [5, 5.41) is 3.91. The van der Waals surface area contributed by atoms with Gasteiger partial charge in [0.1, 0.15) is 5.82 Å². The first-order valence-electron chi connectivity index (χ1n) is 7.20. The molecule has 1 heterocycles. The number of nitrogens with zero attached hydrogens (tertiary/aromatic N) is 1. The third-order valence-corrected chi connectivity index (χ3v) is 5.51. The SMILES string of the molecule is O=S1(=O)CCC(=NNc2ccccc2C(F)(F)F)c2cc(F)ccc21. The Morgan fingerprint density at radius 3 is 2.52 bits per heavy atom. The Kier molecular flexibility index (Phi) is 4.28. The number of anilines is 1. The largest absolute Gasteiger partial charge is 0.418 e. The summed E-state index contributed by atoms with van der Waals surface area (Å²) >= 11 is 0. The van der Waals surface area contributed by atoms with E-state index in [0.717, 1.165) is 24.3 Å². The molecule has 1 aliphatic rings. The molecule has 4 nitrogen and oxygen atoms in total. The van der Waals surface area contributed by atoms with Gasteiger partial charge < -0.3 is 0 Å². The van der Waals surface area contributed by atoms with Gasteiger partial charge in [-0.15, -0.1) is 0 Å². The van der Waals surface area contributed by atoms with Crippen LogP contribution in [0.1, 0.15) is 17.5 Å². The van der Waals surface area contributed by atoms with Crippen LogP contribution in [0, 0.1) is 5.82 Å². The Morgan fingerprint density at radius 2 is 1.80 bits per heavy atom. The molecular weight excluding hydrogens is 360 g/mol. The molecule has 0 bridgehead atoms. The van der Waals surface area contributed by atoms with Gasteiger partial charge in [-0.1, -0.05) is 12.1 Å². The molecule has 0 saturated carbocycles. The van der Waals surface area contributed by atoms with E-state index in [4.69, 9.17) is 0 Å². The Balaban J connectivity index is 2.01. The Morgan fingerprint density at radius 1 is 1.08 bits per heavy atom. The van der Waals surface area contributed by atoms with Crippen LogP contribution in [0.15, 0.2) is 52.5 Å². The average Bonchev–Trinajstić information content (AvgIpc) is 2.53. The quantitative estimate of drug-likeness (QED) is 0.495. The number of alkyl halides is 3. The number of halogens is 4. The third-order valence-electron chi connectivity index (χ3n) is 3.74. The minimum Gasteiger partial charge on any atom is -0.278 e. The molecule has 0 fully saturated rings. The Bertz CT molecular complexity index is 953. The number of rotatable bonds is 2. The predicted molar refractivity (Wildman–Crippen MR) is 84.7 cm³/mol. The summed E-state index contributed by atoms with van der Waals surface area (Å²) in [6.45, 7) is 0. The van der Waals surface area contributed by atoms with Gasteiger partial charge in [0.25, 0.3) is 0 Å². The van der Waals surface area contributed by atoms with Crippen LogP contribution in [0.2, 0.25) is 0 Å². The molecule has 2 aromatic rings. The summed E-state index contributed by atoms with van der Waals surface area (Å²) < 4.78 is 76.5. The van der Waals surface area contributed by atoms with E-state index in [1.54, 1.807) is 0 Å². The van der Waals surface area contributed by atoms with Crippen LogP contribution >= 0.6 is 0 Å². The van der Waals surface area contributed by atoms with Gasteiger partial charge in [-0.2, -0.15) is 18.3 Å². The van der Waals surface area contributed by atoms with Gasteiger partial charge in [0.2, 0.25) is 0 Å². The fourth-order valence-corrected chi connectivity index (χ4v) is 4.02. The smallest absolute Gasteiger partial charge is 0.278 e. The minimum atomic E-state index is -4.57. The number of sulfone groups is 1. The number of hydrogen-bond donors (Lipinski definition) is 1. The number of hydrazone groups is 1. The lowest BCUT2D eigenvalue weighted by molar-refractivity contribution is -0.136. The number of para-hydroxylation sites is 1. The molecule has 0 amide bonds. The summed E-state index contributed by atoms with van der Waals surface area (Å²) in [7, 11) is -3.56. The van der Waals surface area contributed by atoms with Crippen LogP contribution in [0.3, 0.4) is 0 Å². The summed E-state index contributed by atoms with van der Waals surface area (Å²) in [6.07, 6.45) is -4.59. The van der Waals surface area contributed by atoms with Gasteiger partial charge in [-0.25, -0.2) is 12.8 Å². The first-order chi connectivity index (χ1) is 11.7. The predicted octanol–water partition coefficient (Wildman–Crippen LogP) is 3.84. The Labute approximate surface area is 141 Å². The molecule has 0 saturated heterocycles. The highest BCUT2D eigenvalue weighted by atomic mass is 32.2. The van der Waals surface area contributed by atoms with Crippen LogP contribution in [-0.2, 0) is 16.0 Å². The summed E-state index contributed by atoms with van der Waals surface area (Å²) in [4.78, 5) is -0.0789. The number of benzene rings is 2. The van der Waals surface area contributed by atoms with Crippen molar-refractivity contribution < 1.29 is 26.0 Å². The van der Waals surface area contributed by atoms with E-state index in [1.807, 2.05) is 0 Å². The van der Waals surface area contributed by atoms with Crippen molar-refractivity contribution in [3.63, 3.8) is 0 Å². The molecule has 132 valence electrons. The van der Waals surface area contributed by atoms with E-state index in [1.165, 1.54) is 18.2 Å². The fraction of sp³-hybridized carbons (Fsp3) is 0.188. The first-order valence-corrected chi connectivity index (χ1v) is 8.85. The molecule has 0 unspecified atom stereocenters. The van der Waals surface area contributed by atoms with Gasteiger partial charge in [0.15, 0.2) is 9.84 Å². The van der Waals surface area contributed by atoms with Crippen molar-refractivity contribution in [2.24, 2.45) is 5.10 Å². The molecule has 9 heteroatoms. The topological polar surface area (TPSA) is 58.5 Å². The second-order valence-electron chi connectivity index (χ2n) is 5.42. The lowest BCUT2D eigenvalue weighted by Gasteiger charge is -2.19. The molecule has 0 aliphatic carbocycles. The molecule has 0 aromatic heterocycles. The second kappa shape index (κ2) is 6.14. The maximum atomic E-state index is 13.5. The molecule has 0 atom stereocenters. The van der Waals surface area contributed by atoms with E-state index < -0.39 is 27.4 Å². The highest BCUT2D eigenvalue weighted by Crippen LogP contribution is 2.35. The fourth-order valence-electron chi connectivity index (χ4n) is 2.55. The van der Waals surface area contributed by atoms with Crippen molar-refractivity contribution >= 4 is 21.2 Å². The normalized spacial score (nSPS) is 18.0. The van der Waals surface area contributed by atoms with Crippen molar-refractivity contribution in [2.75, 3.05) is 11.2 Å². The van der Waals surface area contributed by atoms with Crippen molar-refractivity contribution in [2.45, 2.75) is 17.5 Å². The number of hydrogen-bond acceptors (Lipinski definition) is 4. The second-order valence-corrected chi connectivity index (χ2v) is 7.50. The van der Waals surface area contributed by atoms with Crippen LogP contribution in [-0.4, -0.2) is 19.9 Å². The monoisotopic (exact) mass is 372 g/mol. The van der Waals surface area contributed by atoms with E-state index in [2.05, 4.69) is 10.5 Å². The number of fused-ring (bicyclic) bond motifs is 1. The lowest BCUT2D eigenvalue weighted by atomic mass is 10.1. The van der Waals surface area contributed by atoms with Crippen LogP contribution < -0.4 is 5.43 Å². The lowest BCUT2D eigenvalue weighted by Crippen LogP contribution is -2.23. The first kappa shape index (κ1) is 17.4. The molecule has 0 radical (unpaired) electrons. The number of nitrogens with one attached hydrogen (secondary N) is 1. The van der Waals surface area contributed by atoms with Crippen LogP contribution in [0.25, 0.3) is 0 Å². The van der Waals surface area contributed by atoms with Gasteiger partial charge in [-0.3, -0.25) is 5.43 Å². The maximum absolute atomic E-state index is 13.5. The van der Waals surface area contributed by atoms with Crippen molar-refractivity contribution in [1.29, 1.82) is 0 Å². The Hall–Kier alpha value is -2.42. The van der Waals surface area contributed by atoms with Crippen LogP contribution in [0.4, 0.5) is 23.2 Å². The van der Waals surface area contributed by atoms with E-state index in [-0.39, 0.29) is 34.0 Å². The van der Waals surface area contributed by atoms with E-state index >= 15 is 0 Å². The molecule has 1 N–H and O–H groups in total. The molecule has 0 spiro atoms. The van der Waals surface area contributed by atoms with E-state index in [9.17, 15) is 26.0 Å². The van der Waals surface area contributed by atoms with Crippen molar-refractivity contribution in [1.82, 2.24) is 0 Å². The molecule has 3 rings (SSSR count). The van der Waals surface area contributed by atoms with Crippen LogP contribution in [0.5, 0.6) is 0 Å².